The first kappa shape index (κ1) is 14.3. The number of halogens is 1. The molecule has 2 heterocycles. The molecule has 0 amide bonds. The first-order valence-corrected chi connectivity index (χ1v) is 7.22. The third kappa shape index (κ3) is 2.49. The van der Waals surface area contributed by atoms with E-state index in [1.807, 2.05) is 25.5 Å². The van der Waals surface area contributed by atoms with Gasteiger partial charge in [0.1, 0.15) is 17.6 Å². The lowest BCUT2D eigenvalue weighted by atomic mass is 10.0. The Balaban J connectivity index is 2.49. The second-order valence-corrected chi connectivity index (χ2v) is 5.61. The van der Waals surface area contributed by atoms with E-state index in [0.29, 0.717) is 0 Å². The van der Waals surface area contributed by atoms with Crippen molar-refractivity contribution in [3.63, 3.8) is 0 Å². The molecule has 1 atom stereocenters. The molecule has 2 rings (SSSR count). The summed E-state index contributed by atoms with van der Waals surface area (Å²) in [5.41, 5.74) is 2.63. The van der Waals surface area contributed by atoms with E-state index in [1.165, 1.54) is 0 Å². The molecule has 104 valence electrons. The van der Waals surface area contributed by atoms with Gasteiger partial charge in [-0.25, -0.2) is 0 Å². The second-order valence-electron chi connectivity index (χ2n) is 4.76. The third-order valence-corrected chi connectivity index (χ3v) is 4.03. The summed E-state index contributed by atoms with van der Waals surface area (Å²) in [5.74, 6) is 1.61. The number of aromatic nitrogens is 2. The maximum atomic E-state index is 10.7. The summed E-state index contributed by atoms with van der Waals surface area (Å²) >= 11 is 3.47. The molecule has 0 saturated heterocycles. The first-order valence-electron chi connectivity index (χ1n) is 6.43. The summed E-state index contributed by atoms with van der Waals surface area (Å²) in [5, 5.41) is 15.0. The Hall–Kier alpha value is -1.07. The van der Waals surface area contributed by atoms with Crippen LogP contribution in [0.4, 0.5) is 0 Å². The van der Waals surface area contributed by atoms with Crippen LogP contribution in [-0.2, 0) is 6.54 Å². The van der Waals surface area contributed by atoms with Crippen LogP contribution < -0.4 is 0 Å². The largest absolute Gasteiger partial charge is 0.466 e. The van der Waals surface area contributed by atoms with Crippen LogP contribution >= 0.6 is 15.9 Å². The predicted octanol–water partition coefficient (Wildman–Crippen LogP) is 3.66. The van der Waals surface area contributed by atoms with Crippen molar-refractivity contribution in [1.29, 1.82) is 0 Å². The molecule has 4 nitrogen and oxygen atoms in total. The van der Waals surface area contributed by atoms with Crippen molar-refractivity contribution >= 4 is 15.9 Å². The number of aryl methyl sites for hydroxylation is 3. The summed E-state index contributed by atoms with van der Waals surface area (Å²) in [7, 11) is 0. The van der Waals surface area contributed by atoms with Crippen LogP contribution in [0.2, 0.25) is 0 Å². The van der Waals surface area contributed by atoms with E-state index >= 15 is 0 Å². The van der Waals surface area contributed by atoms with Crippen molar-refractivity contribution in [3.8, 4) is 0 Å². The van der Waals surface area contributed by atoms with Crippen molar-refractivity contribution in [3.05, 3.63) is 39.0 Å². The Morgan fingerprint density at radius 2 is 2.05 bits per heavy atom. The summed E-state index contributed by atoms with van der Waals surface area (Å²) in [6.07, 6.45) is 1.98. The number of aliphatic hydroxyl groups excluding tert-OH is 1. The molecule has 5 heteroatoms. The van der Waals surface area contributed by atoms with Crippen molar-refractivity contribution in [2.24, 2.45) is 0 Å². The van der Waals surface area contributed by atoms with Crippen LogP contribution in [0, 0.1) is 20.8 Å². The van der Waals surface area contributed by atoms with E-state index in [1.54, 1.807) is 6.20 Å². The molecule has 0 radical (unpaired) electrons. The SMILES string of the molecule is CCCn1ncc(Br)c1C(O)c1c(C)oc(C)c1C. The van der Waals surface area contributed by atoms with E-state index in [4.69, 9.17) is 4.42 Å². The number of rotatable bonds is 4. The molecule has 0 aromatic carbocycles. The fourth-order valence-electron chi connectivity index (χ4n) is 2.38. The summed E-state index contributed by atoms with van der Waals surface area (Å²) in [6, 6.07) is 0. The van der Waals surface area contributed by atoms with Gasteiger partial charge in [-0.05, 0) is 48.7 Å². The molecular formula is C14H19BrN2O2. The van der Waals surface area contributed by atoms with Crippen LogP contribution in [0.1, 0.15) is 47.8 Å². The third-order valence-electron chi connectivity index (χ3n) is 3.42. The highest BCUT2D eigenvalue weighted by Gasteiger charge is 2.25. The fourth-order valence-corrected chi connectivity index (χ4v) is 2.90. The minimum atomic E-state index is -0.721. The maximum absolute atomic E-state index is 10.7. The monoisotopic (exact) mass is 326 g/mol. The van der Waals surface area contributed by atoms with Gasteiger partial charge in [-0.3, -0.25) is 4.68 Å². The van der Waals surface area contributed by atoms with Gasteiger partial charge >= 0.3 is 0 Å². The van der Waals surface area contributed by atoms with Gasteiger partial charge < -0.3 is 9.52 Å². The minimum absolute atomic E-state index is 0.721. The molecule has 0 fully saturated rings. The lowest BCUT2D eigenvalue weighted by Crippen LogP contribution is -2.11. The molecule has 1 unspecified atom stereocenters. The highest BCUT2D eigenvalue weighted by atomic mass is 79.9. The smallest absolute Gasteiger partial charge is 0.125 e. The van der Waals surface area contributed by atoms with Gasteiger partial charge in [-0.15, -0.1) is 0 Å². The van der Waals surface area contributed by atoms with Gasteiger partial charge in [-0.2, -0.15) is 5.10 Å². The zero-order chi connectivity index (χ0) is 14.2. The molecule has 1 N–H and O–H groups in total. The lowest BCUT2D eigenvalue weighted by Gasteiger charge is -2.14. The Morgan fingerprint density at radius 3 is 2.58 bits per heavy atom. The average Bonchev–Trinajstić information content (AvgIpc) is 2.81. The summed E-state index contributed by atoms with van der Waals surface area (Å²) in [4.78, 5) is 0. The van der Waals surface area contributed by atoms with E-state index in [9.17, 15) is 5.11 Å². The molecule has 0 aliphatic heterocycles. The van der Waals surface area contributed by atoms with Crippen LogP contribution in [0.25, 0.3) is 0 Å². The van der Waals surface area contributed by atoms with Crippen LogP contribution in [0.15, 0.2) is 15.1 Å². The molecular weight excluding hydrogens is 308 g/mol. The molecule has 0 aliphatic carbocycles. The average molecular weight is 327 g/mol. The molecule has 19 heavy (non-hydrogen) atoms. The first-order chi connectivity index (χ1) is 8.97. The standard InChI is InChI=1S/C14H19BrN2O2/c1-5-6-17-13(11(15)7-16-17)14(18)12-8(2)9(3)19-10(12)4/h7,14,18H,5-6H2,1-4H3. The molecule has 0 aliphatic rings. The van der Waals surface area contributed by atoms with E-state index in [-0.39, 0.29) is 0 Å². The topological polar surface area (TPSA) is 51.2 Å². The van der Waals surface area contributed by atoms with Crippen LogP contribution in [-0.4, -0.2) is 14.9 Å². The Morgan fingerprint density at radius 1 is 1.37 bits per heavy atom. The minimum Gasteiger partial charge on any atom is -0.466 e. The highest BCUT2D eigenvalue weighted by Crippen LogP contribution is 2.34. The van der Waals surface area contributed by atoms with Crippen molar-refractivity contribution in [2.75, 3.05) is 0 Å². The fraction of sp³-hybridized carbons (Fsp3) is 0.500. The molecule has 0 bridgehead atoms. The summed E-state index contributed by atoms with van der Waals surface area (Å²) < 4.78 is 8.27. The normalized spacial score (nSPS) is 12.9. The number of nitrogens with zero attached hydrogens (tertiary/aromatic N) is 2. The molecule has 0 saturated carbocycles. The summed E-state index contributed by atoms with van der Waals surface area (Å²) in [6.45, 7) is 8.64. The van der Waals surface area contributed by atoms with Gasteiger partial charge in [-0.1, -0.05) is 6.92 Å². The second kappa shape index (κ2) is 5.51. The zero-order valence-electron chi connectivity index (χ0n) is 11.7. The van der Waals surface area contributed by atoms with Crippen LogP contribution in [0.3, 0.4) is 0 Å². The number of hydrogen-bond acceptors (Lipinski definition) is 3. The molecule has 0 spiro atoms. The lowest BCUT2D eigenvalue weighted by molar-refractivity contribution is 0.203. The van der Waals surface area contributed by atoms with Gasteiger partial charge in [0.15, 0.2) is 0 Å². The van der Waals surface area contributed by atoms with E-state index in [0.717, 1.165) is 45.8 Å². The van der Waals surface area contributed by atoms with Crippen LogP contribution in [0.5, 0.6) is 0 Å². The van der Waals surface area contributed by atoms with Gasteiger partial charge in [0.05, 0.1) is 16.4 Å². The van der Waals surface area contributed by atoms with Gasteiger partial charge in [0.25, 0.3) is 0 Å². The van der Waals surface area contributed by atoms with Gasteiger partial charge in [0.2, 0.25) is 0 Å². The van der Waals surface area contributed by atoms with E-state index in [2.05, 4.69) is 28.0 Å². The predicted molar refractivity (Wildman–Crippen MR) is 77.2 cm³/mol. The number of furan rings is 1. The van der Waals surface area contributed by atoms with Crippen molar-refractivity contribution in [1.82, 2.24) is 9.78 Å². The van der Waals surface area contributed by atoms with Gasteiger partial charge in [0, 0.05) is 12.1 Å². The Kier molecular flexibility index (Phi) is 4.16. The maximum Gasteiger partial charge on any atom is 0.125 e. The molecule has 2 aromatic heterocycles. The number of hydrogen-bond donors (Lipinski definition) is 1. The Bertz CT molecular complexity index is 587. The molecule has 2 aromatic rings. The van der Waals surface area contributed by atoms with Crippen molar-refractivity contribution < 1.29 is 9.52 Å². The highest BCUT2D eigenvalue weighted by molar-refractivity contribution is 9.10. The van der Waals surface area contributed by atoms with E-state index < -0.39 is 6.10 Å². The number of aliphatic hydroxyl groups is 1. The van der Waals surface area contributed by atoms with Crippen molar-refractivity contribution in [2.45, 2.75) is 46.8 Å². The Labute approximate surface area is 121 Å². The zero-order valence-corrected chi connectivity index (χ0v) is 13.3. The quantitative estimate of drug-likeness (QED) is 0.932.